The standard InChI is InChI=1S/C36H64ClN7O/c1-5-13-28-24-39-26-31(33(28)43-22-15-30(16-23-43)42-20-11-12-21-42)41-35(45)32-27(4)40-25-29(37)14-19-36(17-9-8-10-18-36)44(6-2,7-3)34(32)38/h27-30,32-34,40H,5-25,38H2,1-4H3/p+1. The molecule has 0 aromatic rings. The highest BCUT2D eigenvalue weighted by Crippen LogP contribution is 2.46. The molecule has 0 bridgehead atoms. The number of nitrogens with zero attached hydrogens (tertiary/aromatic N) is 4. The largest absolute Gasteiger partial charge is 0.320 e. The van der Waals surface area contributed by atoms with Crippen molar-refractivity contribution in [2.24, 2.45) is 22.6 Å². The van der Waals surface area contributed by atoms with Gasteiger partial charge in [-0.2, -0.15) is 0 Å². The topological polar surface area (TPSA) is 86.0 Å². The van der Waals surface area contributed by atoms with Gasteiger partial charge >= 0.3 is 0 Å². The molecule has 4 heterocycles. The SMILES string of the molecule is CCCC1CN=C=C(NC(=O)C2C(C)NCC(Cl)CCC3(CCCCC3)[N+](CC)(CC)C2N)C1N1CCC(N2CCCC2)CC1. The Labute approximate surface area is 279 Å². The smallest absolute Gasteiger partial charge is 0.236 e. The minimum Gasteiger partial charge on any atom is -0.320 e. The van der Waals surface area contributed by atoms with Crippen molar-refractivity contribution in [2.45, 2.75) is 146 Å². The zero-order chi connectivity index (χ0) is 32.0. The van der Waals surface area contributed by atoms with Gasteiger partial charge in [-0.25, -0.2) is 4.99 Å². The van der Waals surface area contributed by atoms with Crippen molar-refractivity contribution >= 4 is 23.4 Å². The Balaban J connectivity index is 1.41. The third-order valence-electron chi connectivity index (χ3n) is 13.0. The van der Waals surface area contributed by atoms with Crippen molar-refractivity contribution in [2.75, 3.05) is 52.4 Å². The van der Waals surface area contributed by atoms with E-state index in [0.29, 0.717) is 18.5 Å². The minimum atomic E-state index is -0.395. The van der Waals surface area contributed by atoms with Crippen molar-refractivity contribution in [1.82, 2.24) is 20.4 Å². The number of nitrogens with two attached hydrogens (primary N) is 1. The maximum atomic E-state index is 14.7. The van der Waals surface area contributed by atoms with Crippen LogP contribution in [0.5, 0.6) is 0 Å². The first-order valence-corrected chi connectivity index (χ1v) is 19.3. The molecule has 256 valence electrons. The monoisotopic (exact) mass is 646 g/mol. The molecule has 9 heteroatoms. The van der Waals surface area contributed by atoms with Gasteiger partial charge in [0.1, 0.15) is 11.5 Å². The van der Waals surface area contributed by atoms with E-state index in [9.17, 15) is 4.79 Å². The van der Waals surface area contributed by atoms with Crippen molar-refractivity contribution in [1.29, 1.82) is 0 Å². The first-order valence-electron chi connectivity index (χ1n) is 18.9. The highest BCUT2D eigenvalue weighted by molar-refractivity contribution is 6.20. The summed E-state index contributed by atoms with van der Waals surface area (Å²) in [4.78, 5) is 24.8. The lowest BCUT2D eigenvalue weighted by atomic mass is 9.72. The van der Waals surface area contributed by atoms with Crippen LogP contribution >= 0.6 is 11.6 Å². The van der Waals surface area contributed by atoms with E-state index in [2.05, 4.69) is 54.0 Å². The fraction of sp³-hybridized carbons (Fsp3) is 0.917. The number of rotatable bonds is 8. The first-order chi connectivity index (χ1) is 21.8. The minimum absolute atomic E-state index is 0.0244. The summed E-state index contributed by atoms with van der Waals surface area (Å²) < 4.78 is 0.791. The Morgan fingerprint density at radius 1 is 1.02 bits per heavy atom. The summed E-state index contributed by atoms with van der Waals surface area (Å²) in [5.74, 6) is 3.38. The van der Waals surface area contributed by atoms with Crippen LogP contribution in [0.25, 0.3) is 0 Å². The van der Waals surface area contributed by atoms with E-state index < -0.39 is 5.92 Å². The second-order valence-electron chi connectivity index (χ2n) is 15.2. The van der Waals surface area contributed by atoms with Crippen molar-refractivity contribution in [3.05, 3.63) is 5.70 Å². The van der Waals surface area contributed by atoms with Crippen molar-refractivity contribution in [3.8, 4) is 0 Å². The number of likely N-dealkylation sites (tertiary alicyclic amines) is 2. The fourth-order valence-electron chi connectivity index (χ4n) is 10.4. The van der Waals surface area contributed by atoms with E-state index in [1.165, 1.54) is 70.9 Å². The van der Waals surface area contributed by atoms with Crippen LogP contribution in [0.1, 0.15) is 111 Å². The molecule has 4 aliphatic heterocycles. The van der Waals surface area contributed by atoms with Gasteiger partial charge in [-0.1, -0.05) is 19.8 Å². The molecule has 6 unspecified atom stereocenters. The third-order valence-corrected chi connectivity index (χ3v) is 13.3. The van der Waals surface area contributed by atoms with Crippen molar-refractivity contribution in [3.63, 3.8) is 0 Å². The van der Waals surface area contributed by atoms with Crippen LogP contribution in [0.3, 0.4) is 0 Å². The van der Waals surface area contributed by atoms with E-state index in [-0.39, 0.29) is 35.1 Å². The Morgan fingerprint density at radius 2 is 1.71 bits per heavy atom. The average molecular weight is 647 g/mol. The molecule has 0 radical (unpaired) electrons. The summed E-state index contributed by atoms with van der Waals surface area (Å²) in [6.45, 7) is 17.0. The summed E-state index contributed by atoms with van der Waals surface area (Å²) in [7, 11) is 0. The van der Waals surface area contributed by atoms with Gasteiger partial charge in [-0.3, -0.25) is 15.4 Å². The quantitative estimate of drug-likeness (QED) is 0.259. The molecule has 0 aromatic carbocycles. The lowest BCUT2D eigenvalue weighted by Gasteiger charge is -2.59. The number of amides is 1. The highest BCUT2D eigenvalue weighted by Gasteiger charge is 2.56. The van der Waals surface area contributed by atoms with Gasteiger partial charge in [0.15, 0.2) is 6.17 Å². The number of carbonyl (C=O) groups excluding carboxylic acids is 1. The second-order valence-corrected chi connectivity index (χ2v) is 15.8. The van der Waals surface area contributed by atoms with E-state index in [0.717, 1.165) is 68.6 Å². The van der Waals surface area contributed by atoms with Crippen LogP contribution in [-0.2, 0) is 4.79 Å². The van der Waals surface area contributed by atoms with Crippen molar-refractivity contribution < 1.29 is 9.28 Å². The Bertz CT molecular complexity index is 1020. The Hall–Kier alpha value is -0.990. The number of hydrogen-bond donors (Lipinski definition) is 3. The molecule has 4 N–H and O–H groups in total. The Morgan fingerprint density at radius 3 is 2.36 bits per heavy atom. The summed E-state index contributed by atoms with van der Waals surface area (Å²) in [5.41, 5.74) is 8.45. The molecular weight excluding hydrogens is 582 g/mol. The van der Waals surface area contributed by atoms with E-state index >= 15 is 0 Å². The predicted molar refractivity (Wildman–Crippen MR) is 187 cm³/mol. The van der Waals surface area contributed by atoms with Gasteiger partial charge in [0, 0.05) is 68.1 Å². The maximum absolute atomic E-state index is 14.7. The first kappa shape index (κ1) is 35.3. The van der Waals surface area contributed by atoms with Gasteiger partial charge in [0.2, 0.25) is 5.91 Å². The molecule has 8 nitrogen and oxygen atoms in total. The number of carbonyl (C=O) groups is 1. The molecule has 0 aromatic heterocycles. The Kier molecular flexibility index (Phi) is 12.5. The summed E-state index contributed by atoms with van der Waals surface area (Å²) in [6, 6.07) is 0.753. The van der Waals surface area contributed by atoms with Crippen LogP contribution < -0.4 is 16.4 Å². The molecule has 3 saturated heterocycles. The average Bonchev–Trinajstić information content (AvgIpc) is 3.60. The summed E-state index contributed by atoms with van der Waals surface area (Å²) in [5, 5.41) is 7.20. The molecule has 1 aliphatic carbocycles. The molecule has 5 aliphatic rings. The zero-order valence-corrected chi connectivity index (χ0v) is 29.8. The molecule has 4 fully saturated rings. The summed E-state index contributed by atoms with van der Waals surface area (Å²) >= 11 is 6.95. The van der Waals surface area contributed by atoms with Gasteiger partial charge in [-0.15, -0.1) is 11.6 Å². The number of hydrogen-bond acceptors (Lipinski definition) is 6. The normalized spacial score (nSPS) is 35.3. The van der Waals surface area contributed by atoms with Gasteiger partial charge in [-0.05, 0) is 85.2 Å². The van der Waals surface area contributed by atoms with Crippen LogP contribution in [0.2, 0.25) is 0 Å². The van der Waals surface area contributed by atoms with Crippen LogP contribution in [-0.4, -0.2) is 114 Å². The summed E-state index contributed by atoms with van der Waals surface area (Å²) in [6.07, 6.45) is 15.2. The van der Waals surface area contributed by atoms with E-state index in [4.69, 9.17) is 22.3 Å². The van der Waals surface area contributed by atoms with Gasteiger partial charge in [0.25, 0.3) is 0 Å². The van der Waals surface area contributed by atoms with Crippen LogP contribution in [0.4, 0.5) is 0 Å². The third kappa shape index (κ3) is 7.38. The molecule has 45 heavy (non-hydrogen) atoms. The zero-order valence-electron chi connectivity index (χ0n) is 29.0. The fourth-order valence-corrected chi connectivity index (χ4v) is 10.6. The lowest BCUT2D eigenvalue weighted by Crippen LogP contribution is -2.76. The molecule has 5 rings (SSSR count). The molecule has 1 saturated carbocycles. The van der Waals surface area contributed by atoms with E-state index in [1.54, 1.807) is 0 Å². The number of alkyl halides is 1. The van der Waals surface area contributed by atoms with Gasteiger partial charge in [0.05, 0.1) is 31.4 Å². The second kappa shape index (κ2) is 15.9. The highest BCUT2D eigenvalue weighted by atomic mass is 35.5. The lowest BCUT2D eigenvalue weighted by molar-refractivity contribution is -0.999. The van der Waals surface area contributed by atoms with Crippen LogP contribution in [0.15, 0.2) is 10.7 Å². The maximum Gasteiger partial charge on any atom is 0.236 e. The molecular formula is C36H65ClN7O+. The van der Waals surface area contributed by atoms with Crippen LogP contribution in [0, 0.1) is 11.8 Å². The number of nitrogens with one attached hydrogen (secondary N) is 2. The number of piperidine rings is 1. The van der Waals surface area contributed by atoms with E-state index in [1.807, 2.05) is 0 Å². The number of halogens is 1. The molecule has 1 spiro atoms. The predicted octanol–water partition coefficient (Wildman–Crippen LogP) is 4.85. The number of quaternary nitrogens is 1. The molecule has 1 amide bonds. The van der Waals surface area contributed by atoms with Gasteiger partial charge < -0.3 is 20.0 Å². The number of aliphatic imine (C=N–C) groups is 1. The molecule has 6 atom stereocenters.